The number of fused-ring (bicyclic) bond motifs is 1. The van der Waals surface area contributed by atoms with Crippen molar-refractivity contribution in [2.45, 2.75) is 33.2 Å². The van der Waals surface area contributed by atoms with E-state index in [-0.39, 0.29) is 11.3 Å². The third-order valence-corrected chi connectivity index (χ3v) is 3.11. The highest BCUT2D eigenvalue weighted by Crippen LogP contribution is 2.25. The lowest BCUT2D eigenvalue weighted by Crippen LogP contribution is -2.22. The summed E-state index contributed by atoms with van der Waals surface area (Å²) in [5, 5.41) is 10.7. The van der Waals surface area contributed by atoms with Gasteiger partial charge in [0.05, 0.1) is 11.1 Å². The number of pyridine rings is 1. The van der Waals surface area contributed by atoms with Crippen LogP contribution in [0.3, 0.4) is 0 Å². The Morgan fingerprint density at radius 3 is 2.71 bits per heavy atom. The zero-order valence-corrected chi connectivity index (χ0v) is 10.2. The third kappa shape index (κ3) is 1.93. The van der Waals surface area contributed by atoms with Crippen molar-refractivity contribution in [3.8, 4) is 5.75 Å². The normalized spacial score (nSPS) is 10.9. The second kappa shape index (κ2) is 4.62. The van der Waals surface area contributed by atoms with Gasteiger partial charge < -0.3 is 9.67 Å². The molecule has 0 spiro atoms. The first-order valence-corrected chi connectivity index (χ1v) is 5.98. The molecule has 0 radical (unpaired) electrons. The molecule has 0 aliphatic heterocycles. The van der Waals surface area contributed by atoms with E-state index in [0.29, 0.717) is 12.1 Å². The molecule has 90 valence electrons. The molecular weight excluding hydrogens is 214 g/mol. The Morgan fingerprint density at radius 2 is 2.00 bits per heavy atom. The SMILES string of the molecule is CCCCn1c(=O)c(C)c(O)c2ccccc21. The maximum absolute atomic E-state index is 12.1. The van der Waals surface area contributed by atoms with Crippen molar-refractivity contribution in [1.29, 1.82) is 0 Å². The predicted octanol–water partition coefficient (Wildman–Crippen LogP) is 2.82. The van der Waals surface area contributed by atoms with Gasteiger partial charge in [0.1, 0.15) is 5.75 Å². The molecule has 1 aromatic heterocycles. The highest BCUT2D eigenvalue weighted by atomic mass is 16.3. The average molecular weight is 231 g/mol. The van der Waals surface area contributed by atoms with Crippen molar-refractivity contribution >= 4 is 10.9 Å². The monoisotopic (exact) mass is 231 g/mol. The van der Waals surface area contributed by atoms with Gasteiger partial charge in [-0.25, -0.2) is 0 Å². The Labute approximate surface area is 100 Å². The highest BCUT2D eigenvalue weighted by molar-refractivity contribution is 5.86. The van der Waals surface area contributed by atoms with Crippen LogP contribution in [0, 0.1) is 6.92 Å². The fourth-order valence-corrected chi connectivity index (χ4v) is 2.06. The number of rotatable bonds is 3. The number of hydrogen-bond acceptors (Lipinski definition) is 2. The van der Waals surface area contributed by atoms with Gasteiger partial charge in [0.15, 0.2) is 0 Å². The van der Waals surface area contributed by atoms with Crippen LogP contribution in [0.4, 0.5) is 0 Å². The van der Waals surface area contributed by atoms with E-state index < -0.39 is 0 Å². The number of aryl methyl sites for hydroxylation is 1. The minimum Gasteiger partial charge on any atom is -0.507 e. The van der Waals surface area contributed by atoms with Gasteiger partial charge in [-0.05, 0) is 25.5 Å². The summed E-state index contributed by atoms with van der Waals surface area (Å²) < 4.78 is 1.76. The third-order valence-electron chi connectivity index (χ3n) is 3.11. The van der Waals surface area contributed by atoms with E-state index in [9.17, 15) is 9.90 Å². The first kappa shape index (κ1) is 11.7. The molecule has 0 saturated heterocycles. The summed E-state index contributed by atoms with van der Waals surface area (Å²) in [6.45, 7) is 4.48. The van der Waals surface area contributed by atoms with Crippen LogP contribution in [0.5, 0.6) is 5.75 Å². The summed E-state index contributed by atoms with van der Waals surface area (Å²) in [7, 11) is 0. The van der Waals surface area contributed by atoms with Crippen LogP contribution in [-0.2, 0) is 6.54 Å². The quantitative estimate of drug-likeness (QED) is 0.882. The molecule has 0 bridgehead atoms. The topological polar surface area (TPSA) is 42.2 Å². The van der Waals surface area contributed by atoms with Crippen LogP contribution < -0.4 is 5.56 Å². The van der Waals surface area contributed by atoms with Crippen molar-refractivity contribution in [3.63, 3.8) is 0 Å². The zero-order chi connectivity index (χ0) is 12.4. The van der Waals surface area contributed by atoms with E-state index in [2.05, 4.69) is 6.92 Å². The first-order chi connectivity index (χ1) is 8.16. The number of unbranched alkanes of at least 4 members (excludes halogenated alkanes) is 1. The van der Waals surface area contributed by atoms with E-state index in [4.69, 9.17) is 0 Å². The largest absolute Gasteiger partial charge is 0.507 e. The minimum absolute atomic E-state index is 0.0883. The van der Waals surface area contributed by atoms with Gasteiger partial charge in [-0.1, -0.05) is 25.5 Å². The molecule has 0 fully saturated rings. The number of aromatic nitrogens is 1. The van der Waals surface area contributed by atoms with Crippen molar-refractivity contribution in [1.82, 2.24) is 4.57 Å². The van der Waals surface area contributed by atoms with Gasteiger partial charge in [0, 0.05) is 11.9 Å². The van der Waals surface area contributed by atoms with Crippen LogP contribution in [0.25, 0.3) is 10.9 Å². The van der Waals surface area contributed by atoms with Gasteiger partial charge in [-0.15, -0.1) is 0 Å². The van der Waals surface area contributed by atoms with Crippen LogP contribution >= 0.6 is 0 Å². The summed E-state index contributed by atoms with van der Waals surface area (Å²) >= 11 is 0. The molecule has 17 heavy (non-hydrogen) atoms. The number of para-hydroxylation sites is 1. The van der Waals surface area contributed by atoms with Gasteiger partial charge >= 0.3 is 0 Å². The van der Waals surface area contributed by atoms with Gasteiger partial charge in [-0.2, -0.15) is 0 Å². The molecule has 2 rings (SSSR count). The molecule has 1 N–H and O–H groups in total. The summed E-state index contributed by atoms with van der Waals surface area (Å²) in [6.07, 6.45) is 2.01. The van der Waals surface area contributed by atoms with E-state index in [1.165, 1.54) is 0 Å². The van der Waals surface area contributed by atoms with Crippen LogP contribution in [0.15, 0.2) is 29.1 Å². The Balaban J connectivity index is 2.76. The molecule has 2 aromatic rings. The number of hydrogen-bond donors (Lipinski definition) is 1. The average Bonchev–Trinajstić information content (AvgIpc) is 2.36. The molecule has 0 amide bonds. The zero-order valence-electron chi connectivity index (χ0n) is 10.2. The Hall–Kier alpha value is -1.77. The predicted molar refractivity (Wildman–Crippen MR) is 69.5 cm³/mol. The van der Waals surface area contributed by atoms with Crippen LogP contribution in [-0.4, -0.2) is 9.67 Å². The number of nitrogens with zero attached hydrogens (tertiary/aromatic N) is 1. The number of benzene rings is 1. The maximum Gasteiger partial charge on any atom is 0.257 e. The fourth-order valence-electron chi connectivity index (χ4n) is 2.06. The second-order valence-corrected chi connectivity index (χ2v) is 4.30. The lowest BCUT2D eigenvalue weighted by atomic mass is 10.1. The molecular formula is C14H17NO2. The van der Waals surface area contributed by atoms with E-state index in [1.807, 2.05) is 24.3 Å². The Kier molecular flexibility index (Phi) is 3.18. The molecule has 3 nitrogen and oxygen atoms in total. The lowest BCUT2D eigenvalue weighted by Gasteiger charge is -2.12. The molecule has 1 heterocycles. The van der Waals surface area contributed by atoms with E-state index in [0.717, 1.165) is 23.7 Å². The number of aromatic hydroxyl groups is 1. The fraction of sp³-hybridized carbons (Fsp3) is 0.357. The molecule has 1 aromatic carbocycles. The van der Waals surface area contributed by atoms with E-state index in [1.54, 1.807) is 11.5 Å². The standard InChI is InChI=1S/C14H17NO2/c1-3-4-9-15-12-8-6-5-7-11(12)13(16)10(2)14(15)17/h5-8,16H,3-4,9H2,1-2H3. The summed E-state index contributed by atoms with van der Waals surface area (Å²) in [6, 6.07) is 7.49. The summed E-state index contributed by atoms with van der Waals surface area (Å²) in [4.78, 5) is 12.1. The van der Waals surface area contributed by atoms with Gasteiger partial charge in [0.2, 0.25) is 0 Å². The lowest BCUT2D eigenvalue weighted by molar-refractivity contribution is 0.473. The van der Waals surface area contributed by atoms with Crippen molar-refractivity contribution in [2.24, 2.45) is 0 Å². The molecule has 0 saturated carbocycles. The van der Waals surface area contributed by atoms with Crippen molar-refractivity contribution in [2.75, 3.05) is 0 Å². The summed E-state index contributed by atoms with van der Waals surface area (Å²) in [5.74, 6) is 0.110. The molecule has 3 heteroatoms. The molecule has 0 aliphatic carbocycles. The van der Waals surface area contributed by atoms with Gasteiger partial charge in [-0.3, -0.25) is 4.79 Å². The molecule has 0 aliphatic rings. The van der Waals surface area contributed by atoms with Crippen LogP contribution in [0.2, 0.25) is 0 Å². The summed E-state index contributed by atoms with van der Waals surface area (Å²) in [5.41, 5.74) is 1.16. The van der Waals surface area contributed by atoms with Gasteiger partial charge in [0.25, 0.3) is 5.56 Å². The maximum atomic E-state index is 12.1. The van der Waals surface area contributed by atoms with Crippen molar-refractivity contribution in [3.05, 3.63) is 40.2 Å². The smallest absolute Gasteiger partial charge is 0.257 e. The Morgan fingerprint density at radius 1 is 1.29 bits per heavy atom. The minimum atomic E-state index is -0.0883. The van der Waals surface area contributed by atoms with E-state index >= 15 is 0 Å². The highest BCUT2D eigenvalue weighted by Gasteiger charge is 2.11. The van der Waals surface area contributed by atoms with Crippen LogP contribution in [0.1, 0.15) is 25.3 Å². The molecule has 0 unspecified atom stereocenters. The molecule has 0 atom stereocenters. The first-order valence-electron chi connectivity index (χ1n) is 5.98. The Bertz CT molecular complexity index is 599. The van der Waals surface area contributed by atoms with Crippen molar-refractivity contribution < 1.29 is 5.11 Å². The second-order valence-electron chi connectivity index (χ2n) is 4.30.